The van der Waals surface area contributed by atoms with Gasteiger partial charge in [-0.1, -0.05) is 0 Å². The second-order valence-electron chi connectivity index (χ2n) is 5.08. The average Bonchev–Trinajstić information content (AvgIpc) is 2.73. The van der Waals surface area contributed by atoms with Crippen LogP contribution in [0.3, 0.4) is 0 Å². The molecule has 7 nitrogen and oxygen atoms in total. The van der Waals surface area contributed by atoms with Gasteiger partial charge in [0.05, 0.1) is 12.6 Å². The van der Waals surface area contributed by atoms with Gasteiger partial charge in [-0.05, 0) is 20.3 Å². The van der Waals surface area contributed by atoms with Crippen LogP contribution in [0.2, 0.25) is 0 Å². The number of carbonyl (C=O) groups excluding carboxylic acids is 1. The van der Waals surface area contributed by atoms with E-state index >= 15 is 0 Å². The molecule has 0 saturated carbocycles. The molecule has 1 atom stereocenters. The van der Waals surface area contributed by atoms with Crippen molar-refractivity contribution in [1.29, 1.82) is 0 Å². The number of nitrogens with zero attached hydrogens (tertiary/aromatic N) is 4. The van der Waals surface area contributed by atoms with E-state index in [4.69, 9.17) is 10.5 Å². The second-order valence-corrected chi connectivity index (χ2v) is 5.08. The summed E-state index contributed by atoms with van der Waals surface area (Å²) in [5.41, 5.74) is 5.67. The molecule has 0 bridgehead atoms. The first-order valence-corrected chi connectivity index (χ1v) is 7.37. The molecule has 1 unspecified atom stereocenters. The number of aromatic nitrogens is 2. The lowest BCUT2D eigenvalue weighted by Gasteiger charge is -2.23. The lowest BCUT2D eigenvalue weighted by atomic mass is 10.3. The molecule has 0 aromatic carbocycles. The van der Waals surface area contributed by atoms with Gasteiger partial charge in [0.25, 0.3) is 0 Å². The van der Waals surface area contributed by atoms with Crippen molar-refractivity contribution in [3.05, 3.63) is 12.3 Å². The quantitative estimate of drug-likeness (QED) is 0.857. The Morgan fingerprint density at radius 3 is 2.95 bits per heavy atom. The third-order valence-electron chi connectivity index (χ3n) is 3.39. The van der Waals surface area contributed by atoms with Gasteiger partial charge in [-0.15, -0.1) is 0 Å². The molecule has 1 aromatic heterocycles. The third-order valence-corrected chi connectivity index (χ3v) is 3.39. The summed E-state index contributed by atoms with van der Waals surface area (Å²) in [7, 11) is 0. The molecule has 1 amide bonds. The number of rotatable bonds is 4. The van der Waals surface area contributed by atoms with Gasteiger partial charge in [0.1, 0.15) is 0 Å². The van der Waals surface area contributed by atoms with E-state index in [2.05, 4.69) is 14.9 Å². The molecule has 7 heteroatoms. The third kappa shape index (κ3) is 4.04. The molecule has 2 rings (SSSR count). The Morgan fingerprint density at radius 1 is 1.43 bits per heavy atom. The van der Waals surface area contributed by atoms with Gasteiger partial charge in [-0.25, -0.2) is 4.98 Å². The summed E-state index contributed by atoms with van der Waals surface area (Å²) in [4.78, 5) is 24.6. The van der Waals surface area contributed by atoms with E-state index in [0.29, 0.717) is 31.5 Å². The number of amides is 1. The van der Waals surface area contributed by atoms with E-state index in [1.165, 1.54) is 0 Å². The minimum Gasteiger partial charge on any atom is -0.478 e. The molecular formula is C14H23N5O2. The van der Waals surface area contributed by atoms with Crippen LogP contribution in [-0.2, 0) is 4.79 Å². The second kappa shape index (κ2) is 7.21. The number of nitrogens with two attached hydrogens (primary N) is 1. The van der Waals surface area contributed by atoms with Crippen molar-refractivity contribution in [3.8, 4) is 5.88 Å². The Kier molecular flexibility index (Phi) is 5.32. The normalized spacial score (nSPS) is 17.3. The van der Waals surface area contributed by atoms with Crippen molar-refractivity contribution in [3.63, 3.8) is 0 Å². The molecule has 0 radical (unpaired) electrons. The zero-order valence-corrected chi connectivity index (χ0v) is 12.7. The molecular weight excluding hydrogens is 270 g/mol. The van der Waals surface area contributed by atoms with Crippen molar-refractivity contribution >= 4 is 11.9 Å². The summed E-state index contributed by atoms with van der Waals surface area (Å²) < 4.78 is 5.40. The average molecular weight is 293 g/mol. The first-order valence-electron chi connectivity index (χ1n) is 7.37. The Labute approximate surface area is 125 Å². The number of hydrogen-bond acceptors (Lipinski definition) is 6. The zero-order chi connectivity index (χ0) is 15.2. The van der Waals surface area contributed by atoms with Crippen molar-refractivity contribution in [2.75, 3.05) is 37.7 Å². The minimum absolute atomic E-state index is 0.000774. The maximum Gasteiger partial charge on any atom is 0.239 e. The van der Waals surface area contributed by atoms with Crippen LogP contribution >= 0.6 is 0 Å². The molecule has 1 saturated heterocycles. The molecule has 0 spiro atoms. The van der Waals surface area contributed by atoms with Gasteiger partial charge in [0.2, 0.25) is 17.7 Å². The summed E-state index contributed by atoms with van der Waals surface area (Å²) in [6.07, 6.45) is 2.57. The first-order chi connectivity index (χ1) is 10.1. The molecule has 2 N–H and O–H groups in total. The molecule has 116 valence electrons. The van der Waals surface area contributed by atoms with E-state index in [0.717, 1.165) is 19.5 Å². The molecule has 2 heterocycles. The smallest absolute Gasteiger partial charge is 0.239 e. The van der Waals surface area contributed by atoms with Crippen molar-refractivity contribution < 1.29 is 9.53 Å². The lowest BCUT2D eigenvalue weighted by Crippen LogP contribution is -2.43. The maximum atomic E-state index is 12.0. The van der Waals surface area contributed by atoms with Crippen molar-refractivity contribution in [1.82, 2.24) is 14.9 Å². The van der Waals surface area contributed by atoms with E-state index in [-0.39, 0.29) is 5.91 Å². The van der Waals surface area contributed by atoms with Crippen LogP contribution < -0.4 is 15.4 Å². The predicted molar refractivity (Wildman–Crippen MR) is 80.3 cm³/mol. The monoisotopic (exact) mass is 293 g/mol. The van der Waals surface area contributed by atoms with E-state index in [1.807, 2.05) is 11.8 Å². The van der Waals surface area contributed by atoms with E-state index in [9.17, 15) is 4.79 Å². The minimum atomic E-state index is -0.450. The summed E-state index contributed by atoms with van der Waals surface area (Å²) in [5.74, 6) is 1.23. The SMILES string of the molecule is CCOc1ccnc(N2CCCN(C(=O)C(C)N)CC2)n1. The highest BCUT2D eigenvalue weighted by molar-refractivity contribution is 5.81. The van der Waals surface area contributed by atoms with Crippen LogP contribution in [0.1, 0.15) is 20.3 Å². The standard InChI is InChI=1S/C14H23N5O2/c1-3-21-12-5-6-16-14(17-12)19-8-4-7-18(9-10-19)13(20)11(2)15/h5-6,11H,3-4,7-10,15H2,1-2H3. The number of ether oxygens (including phenoxy) is 1. The fraction of sp³-hybridized carbons (Fsp3) is 0.643. The predicted octanol–water partition coefficient (Wildman–Crippen LogP) is 0.261. The highest BCUT2D eigenvalue weighted by Gasteiger charge is 2.22. The largest absolute Gasteiger partial charge is 0.478 e. The first kappa shape index (κ1) is 15.5. The highest BCUT2D eigenvalue weighted by atomic mass is 16.5. The highest BCUT2D eigenvalue weighted by Crippen LogP contribution is 2.15. The molecule has 1 fully saturated rings. The van der Waals surface area contributed by atoms with E-state index < -0.39 is 6.04 Å². The van der Waals surface area contributed by atoms with Gasteiger partial charge in [-0.2, -0.15) is 4.98 Å². The lowest BCUT2D eigenvalue weighted by molar-refractivity contribution is -0.131. The summed E-state index contributed by atoms with van der Waals surface area (Å²) in [6.45, 7) is 7.11. The van der Waals surface area contributed by atoms with Crippen LogP contribution in [0.25, 0.3) is 0 Å². The zero-order valence-electron chi connectivity index (χ0n) is 12.7. The summed E-state index contributed by atoms with van der Waals surface area (Å²) in [5, 5.41) is 0. The van der Waals surface area contributed by atoms with Gasteiger partial charge >= 0.3 is 0 Å². The Hall–Kier alpha value is -1.89. The van der Waals surface area contributed by atoms with Crippen molar-refractivity contribution in [2.45, 2.75) is 26.3 Å². The Morgan fingerprint density at radius 2 is 2.24 bits per heavy atom. The van der Waals surface area contributed by atoms with Crippen LogP contribution in [0.5, 0.6) is 5.88 Å². The topological polar surface area (TPSA) is 84.6 Å². The number of anilines is 1. The van der Waals surface area contributed by atoms with Crippen LogP contribution in [0.4, 0.5) is 5.95 Å². The fourth-order valence-electron chi connectivity index (χ4n) is 2.34. The van der Waals surface area contributed by atoms with Crippen LogP contribution in [0.15, 0.2) is 12.3 Å². The molecule has 0 aliphatic carbocycles. The van der Waals surface area contributed by atoms with Gasteiger partial charge < -0.3 is 20.3 Å². The van der Waals surface area contributed by atoms with Crippen molar-refractivity contribution in [2.24, 2.45) is 5.73 Å². The summed E-state index contributed by atoms with van der Waals surface area (Å²) in [6, 6.07) is 1.30. The van der Waals surface area contributed by atoms with Gasteiger partial charge in [0, 0.05) is 38.4 Å². The maximum absolute atomic E-state index is 12.0. The van der Waals surface area contributed by atoms with E-state index in [1.54, 1.807) is 19.2 Å². The number of carbonyl (C=O) groups is 1. The molecule has 1 aromatic rings. The number of hydrogen-bond donors (Lipinski definition) is 1. The molecule has 1 aliphatic rings. The van der Waals surface area contributed by atoms with Gasteiger partial charge in [-0.3, -0.25) is 4.79 Å². The summed E-state index contributed by atoms with van der Waals surface area (Å²) >= 11 is 0. The van der Waals surface area contributed by atoms with Gasteiger partial charge in [0.15, 0.2) is 0 Å². The Bertz CT molecular complexity index is 480. The molecule has 1 aliphatic heterocycles. The fourth-order valence-corrected chi connectivity index (χ4v) is 2.34. The van der Waals surface area contributed by atoms with Crippen LogP contribution in [-0.4, -0.2) is 59.6 Å². The van der Waals surface area contributed by atoms with Crippen LogP contribution in [0, 0.1) is 0 Å². The molecule has 21 heavy (non-hydrogen) atoms. The Balaban J connectivity index is 2.02.